The summed E-state index contributed by atoms with van der Waals surface area (Å²) in [6.07, 6.45) is 2.10. The van der Waals surface area contributed by atoms with Crippen molar-refractivity contribution in [3.8, 4) is 0 Å². The molecule has 0 saturated heterocycles. The van der Waals surface area contributed by atoms with Gasteiger partial charge in [-0.25, -0.2) is 0 Å². The number of hydrogen-bond donors (Lipinski definition) is 1. The molecule has 0 spiro atoms. The van der Waals surface area contributed by atoms with E-state index < -0.39 is 11.9 Å². The molecule has 1 heterocycles. The highest BCUT2D eigenvalue weighted by Crippen LogP contribution is 2.11. The number of rotatable bonds is 7. The number of nitrogens with one attached hydrogen (secondary N) is 1. The van der Waals surface area contributed by atoms with Crippen LogP contribution in [0.4, 0.5) is 5.69 Å². The molecule has 0 aliphatic heterocycles. The van der Waals surface area contributed by atoms with Crippen LogP contribution in [0.1, 0.15) is 29.5 Å². The van der Waals surface area contributed by atoms with E-state index in [-0.39, 0.29) is 18.8 Å². The molecule has 2 aromatic rings. The molecule has 120 valence electrons. The normalized spacial score (nSPS) is 10.1. The topological polar surface area (TPSA) is 85.6 Å². The predicted molar refractivity (Wildman–Crippen MR) is 83.1 cm³/mol. The van der Waals surface area contributed by atoms with E-state index in [9.17, 15) is 14.4 Å². The molecule has 0 bridgehead atoms. The second kappa shape index (κ2) is 7.93. The number of esters is 1. The van der Waals surface area contributed by atoms with Gasteiger partial charge in [-0.2, -0.15) is 0 Å². The van der Waals surface area contributed by atoms with Gasteiger partial charge in [-0.1, -0.05) is 12.1 Å². The lowest BCUT2D eigenvalue weighted by Crippen LogP contribution is -2.21. The molecule has 6 heteroatoms. The Bertz CT molecular complexity index is 691. The number of ether oxygens (including phenoxy) is 1. The maximum Gasteiger partial charge on any atom is 0.306 e. The van der Waals surface area contributed by atoms with Crippen molar-refractivity contribution in [2.24, 2.45) is 0 Å². The van der Waals surface area contributed by atoms with Crippen LogP contribution in [0.15, 0.2) is 47.1 Å². The molecule has 1 amide bonds. The van der Waals surface area contributed by atoms with Crippen LogP contribution in [-0.4, -0.2) is 24.3 Å². The summed E-state index contributed by atoms with van der Waals surface area (Å²) in [6.45, 7) is 1.07. The second-order valence-electron chi connectivity index (χ2n) is 4.93. The minimum absolute atomic E-state index is 0.0922. The Morgan fingerprint density at radius 3 is 2.70 bits per heavy atom. The first kappa shape index (κ1) is 16.5. The van der Waals surface area contributed by atoms with Crippen LogP contribution in [0.3, 0.4) is 0 Å². The van der Waals surface area contributed by atoms with Gasteiger partial charge in [0.05, 0.1) is 12.7 Å². The lowest BCUT2D eigenvalue weighted by Gasteiger charge is -2.07. The molecule has 6 nitrogen and oxygen atoms in total. The summed E-state index contributed by atoms with van der Waals surface area (Å²) in [6, 6.07) is 10.1. The Morgan fingerprint density at radius 1 is 1.17 bits per heavy atom. The summed E-state index contributed by atoms with van der Waals surface area (Å²) < 4.78 is 10.00. The molecule has 0 fully saturated rings. The fourth-order valence-electron chi connectivity index (χ4n) is 1.91. The standard InChI is InChI=1S/C17H17NO5/c1-12(19)13-4-2-5-14(10-13)18-16(20)11-23-17(21)8-7-15-6-3-9-22-15/h2-6,9-10H,7-8,11H2,1H3,(H,18,20). The molecule has 2 rings (SSSR count). The molecule has 0 atom stereocenters. The van der Waals surface area contributed by atoms with Crippen molar-refractivity contribution >= 4 is 23.3 Å². The summed E-state index contributed by atoms with van der Waals surface area (Å²) in [7, 11) is 0. The van der Waals surface area contributed by atoms with Crippen LogP contribution in [0.2, 0.25) is 0 Å². The van der Waals surface area contributed by atoms with Gasteiger partial charge in [-0.15, -0.1) is 0 Å². The second-order valence-corrected chi connectivity index (χ2v) is 4.93. The van der Waals surface area contributed by atoms with E-state index in [1.807, 2.05) is 0 Å². The SMILES string of the molecule is CC(=O)c1cccc(NC(=O)COC(=O)CCc2ccco2)c1. The number of furan rings is 1. The molecule has 1 aromatic heterocycles. The number of Topliss-reactive ketones (excluding diaryl/α,β-unsaturated/α-hetero) is 1. The number of hydrogen-bond acceptors (Lipinski definition) is 5. The molecule has 1 aromatic carbocycles. The quantitative estimate of drug-likeness (QED) is 0.627. The van der Waals surface area contributed by atoms with Crippen LogP contribution in [-0.2, 0) is 20.7 Å². The van der Waals surface area contributed by atoms with Crippen molar-refractivity contribution < 1.29 is 23.5 Å². The summed E-state index contributed by atoms with van der Waals surface area (Å²) >= 11 is 0. The Kier molecular flexibility index (Phi) is 5.68. The van der Waals surface area contributed by atoms with Gasteiger partial charge >= 0.3 is 5.97 Å². The Balaban J connectivity index is 1.75. The first-order valence-electron chi connectivity index (χ1n) is 7.13. The molecule has 0 radical (unpaired) electrons. The lowest BCUT2D eigenvalue weighted by atomic mass is 10.1. The van der Waals surface area contributed by atoms with Gasteiger partial charge in [-0.05, 0) is 31.2 Å². The zero-order valence-electron chi connectivity index (χ0n) is 12.7. The highest BCUT2D eigenvalue weighted by atomic mass is 16.5. The minimum Gasteiger partial charge on any atom is -0.469 e. The Hall–Kier alpha value is -2.89. The van der Waals surface area contributed by atoms with E-state index in [1.54, 1.807) is 36.4 Å². The third-order valence-electron chi connectivity index (χ3n) is 3.07. The van der Waals surface area contributed by atoms with E-state index in [1.165, 1.54) is 13.2 Å². The minimum atomic E-state index is -0.478. The first-order valence-corrected chi connectivity index (χ1v) is 7.13. The van der Waals surface area contributed by atoms with Gasteiger partial charge < -0.3 is 14.5 Å². The van der Waals surface area contributed by atoms with Crippen LogP contribution < -0.4 is 5.32 Å². The smallest absolute Gasteiger partial charge is 0.306 e. The van der Waals surface area contributed by atoms with Crippen LogP contribution in [0.25, 0.3) is 0 Å². The summed E-state index contributed by atoms with van der Waals surface area (Å²) in [5.74, 6) is -0.344. The summed E-state index contributed by atoms with van der Waals surface area (Å²) in [4.78, 5) is 34.6. The van der Waals surface area contributed by atoms with Gasteiger partial charge in [0.2, 0.25) is 0 Å². The average molecular weight is 315 g/mol. The number of carbonyl (C=O) groups excluding carboxylic acids is 3. The third-order valence-corrected chi connectivity index (χ3v) is 3.07. The van der Waals surface area contributed by atoms with Crippen LogP contribution in [0, 0.1) is 0 Å². The van der Waals surface area contributed by atoms with Gasteiger partial charge in [0, 0.05) is 17.7 Å². The average Bonchev–Trinajstić information content (AvgIpc) is 3.04. The molecule has 0 unspecified atom stereocenters. The molecule has 1 N–H and O–H groups in total. The van der Waals surface area contributed by atoms with Gasteiger partial charge in [0.15, 0.2) is 12.4 Å². The van der Waals surface area contributed by atoms with E-state index in [0.717, 1.165) is 0 Å². The van der Waals surface area contributed by atoms with Gasteiger partial charge in [0.1, 0.15) is 5.76 Å². The summed E-state index contributed by atoms with van der Waals surface area (Å²) in [5, 5.41) is 2.58. The number of carbonyl (C=O) groups is 3. The van der Waals surface area contributed by atoms with Crippen LogP contribution >= 0.6 is 0 Å². The highest BCUT2D eigenvalue weighted by Gasteiger charge is 2.10. The number of aryl methyl sites for hydroxylation is 1. The molecule has 0 saturated carbocycles. The largest absolute Gasteiger partial charge is 0.469 e. The fraction of sp³-hybridized carbons (Fsp3) is 0.235. The fourth-order valence-corrected chi connectivity index (χ4v) is 1.91. The first-order chi connectivity index (χ1) is 11.0. The maximum absolute atomic E-state index is 11.7. The third kappa shape index (κ3) is 5.43. The Labute approximate surface area is 133 Å². The molecule has 0 aliphatic carbocycles. The predicted octanol–water partition coefficient (Wildman–Crippen LogP) is 2.60. The van der Waals surface area contributed by atoms with Crippen molar-refractivity contribution in [2.75, 3.05) is 11.9 Å². The lowest BCUT2D eigenvalue weighted by molar-refractivity contribution is -0.147. The van der Waals surface area contributed by atoms with E-state index in [4.69, 9.17) is 9.15 Å². The molecular formula is C17H17NO5. The van der Waals surface area contributed by atoms with Gasteiger partial charge in [0.25, 0.3) is 5.91 Å². The maximum atomic E-state index is 11.7. The molecule has 0 aliphatic rings. The van der Waals surface area contributed by atoms with Gasteiger partial charge in [-0.3, -0.25) is 14.4 Å². The number of anilines is 1. The van der Waals surface area contributed by atoms with Crippen molar-refractivity contribution in [1.29, 1.82) is 0 Å². The Morgan fingerprint density at radius 2 is 2.00 bits per heavy atom. The van der Waals surface area contributed by atoms with Crippen molar-refractivity contribution in [3.05, 3.63) is 54.0 Å². The van der Waals surface area contributed by atoms with Crippen molar-refractivity contribution in [2.45, 2.75) is 19.8 Å². The van der Waals surface area contributed by atoms with Crippen molar-refractivity contribution in [1.82, 2.24) is 0 Å². The van der Waals surface area contributed by atoms with E-state index >= 15 is 0 Å². The summed E-state index contributed by atoms with van der Waals surface area (Å²) in [5.41, 5.74) is 0.979. The van der Waals surface area contributed by atoms with E-state index in [0.29, 0.717) is 23.4 Å². The molecular weight excluding hydrogens is 298 g/mol. The number of ketones is 1. The number of amides is 1. The zero-order chi connectivity index (χ0) is 16.7. The molecule has 23 heavy (non-hydrogen) atoms. The van der Waals surface area contributed by atoms with Crippen LogP contribution in [0.5, 0.6) is 0 Å². The number of benzene rings is 1. The van der Waals surface area contributed by atoms with E-state index in [2.05, 4.69) is 5.32 Å². The zero-order valence-corrected chi connectivity index (χ0v) is 12.7. The highest BCUT2D eigenvalue weighted by molar-refractivity contribution is 5.97. The monoisotopic (exact) mass is 315 g/mol. The van der Waals surface area contributed by atoms with Crippen molar-refractivity contribution in [3.63, 3.8) is 0 Å².